The maximum absolute atomic E-state index is 14.4. The van der Waals surface area contributed by atoms with Gasteiger partial charge in [-0.2, -0.15) is 0 Å². The minimum Gasteiger partial charge on any atom is -0.370 e. The number of carbonyl (C=O) groups excluding carboxylic acids is 4. The highest BCUT2D eigenvalue weighted by atomic mass is 19.1. The molecule has 0 aromatic heterocycles. The Balaban J connectivity index is 2.12. The predicted octanol–water partition coefficient (Wildman–Crippen LogP) is -0.246. The molecule has 1 heterocycles. The highest BCUT2D eigenvalue weighted by Crippen LogP contribution is 2.24. The second-order valence-electron chi connectivity index (χ2n) is 6.25. The lowest BCUT2D eigenvalue weighted by Crippen LogP contribution is -2.52. The van der Waals surface area contributed by atoms with Crippen molar-refractivity contribution in [3.63, 3.8) is 0 Å². The number of benzene rings is 1. The number of rotatable bonds is 6. The Morgan fingerprint density at radius 2 is 1.96 bits per heavy atom. The lowest BCUT2D eigenvalue weighted by Gasteiger charge is -2.27. The molecule has 1 aliphatic heterocycles. The zero-order valence-electron chi connectivity index (χ0n) is 15.0. The fraction of sp³-hybridized carbons (Fsp3) is 0.412. The summed E-state index contributed by atoms with van der Waals surface area (Å²) < 4.78 is 19.4. The second kappa shape index (κ2) is 8.58. The number of anilines is 2. The maximum Gasteiger partial charge on any atom is 0.256 e. The number of morpholine rings is 1. The van der Waals surface area contributed by atoms with Gasteiger partial charge in [-0.05, 0) is 18.2 Å². The standard InChI is InChI=1S/C17H21FN4O5/c1-9(2)16(25)21-14(15(19)24)17(26)20-10-3-4-12(11(18)7-10)22-5-6-27-8-13(22)23/h3-4,7,9,14H,5-6,8H2,1-2H3,(H2,19,24)(H,20,26)(H,21,25)/t14-/m1/s1. The van der Waals surface area contributed by atoms with E-state index < -0.39 is 35.5 Å². The summed E-state index contributed by atoms with van der Waals surface area (Å²) >= 11 is 0. The van der Waals surface area contributed by atoms with Gasteiger partial charge in [0.25, 0.3) is 11.8 Å². The van der Waals surface area contributed by atoms with Gasteiger partial charge in [0.05, 0.1) is 12.3 Å². The number of hydrogen-bond acceptors (Lipinski definition) is 5. The Morgan fingerprint density at radius 1 is 1.26 bits per heavy atom. The number of hydrogen-bond donors (Lipinski definition) is 3. The van der Waals surface area contributed by atoms with Crippen LogP contribution in [-0.4, -0.2) is 49.4 Å². The van der Waals surface area contributed by atoms with Gasteiger partial charge in [-0.25, -0.2) is 4.39 Å². The lowest BCUT2D eigenvalue weighted by atomic mass is 10.1. The van der Waals surface area contributed by atoms with E-state index >= 15 is 0 Å². The van der Waals surface area contributed by atoms with Crippen LogP contribution in [0.15, 0.2) is 18.2 Å². The number of primary amides is 1. The molecule has 9 nitrogen and oxygen atoms in total. The molecule has 4 N–H and O–H groups in total. The van der Waals surface area contributed by atoms with E-state index in [9.17, 15) is 23.6 Å². The number of nitrogens with two attached hydrogens (primary N) is 1. The quantitative estimate of drug-likeness (QED) is 0.586. The van der Waals surface area contributed by atoms with Crippen molar-refractivity contribution < 1.29 is 28.3 Å². The van der Waals surface area contributed by atoms with Crippen LogP contribution in [-0.2, 0) is 23.9 Å². The smallest absolute Gasteiger partial charge is 0.256 e. The van der Waals surface area contributed by atoms with E-state index in [-0.39, 0.29) is 30.4 Å². The van der Waals surface area contributed by atoms with Crippen LogP contribution < -0.4 is 21.3 Å². The van der Waals surface area contributed by atoms with Gasteiger partial charge in [0.1, 0.15) is 12.4 Å². The number of halogens is 1. The van der Waals surface area contributed by atoms with Crippen molar-refractivity contribution in [2.45, 2.75) is 19.9 Å². The minimum absolute atomic E-state index is 0.0482. The second-order valence-corrected chi connectivity index (χ2v) is 6.25. The summed E-state index contributed by atoms with van der Waals surface area (Å²) in [4.78, 5) is 48.5. The Morgan fingerprint density at radius 3 is 2.52 bits per heavy atom. The summed E-state index contributed by atoms with van der Waals surface area (Å²) in [6.07, 6.45) is 0. The van der Waals surface area contributed by atoms with E-state index in [0.29, 0.717) is 6.61 Å². The first-order valence-corrected chi connectivity index (χ1v) is 8.29. The Hall–Kier alpha value is -3.01. The van der Waals surface area contributed by atoms with E-state index in [1.54, 1.807) is 13.8 Å². The Kier molecular flexibility index (Phi) is 6.45. The van der Waals surface area contributed by atoms with Crippen molar-refractivity contribution in [2.75, 3.05) is 30.0 Å². The molecule has 146 valence electrons. The normalized spacial score (nSPS) is 15.4. The Bertz CT molecular complexity index is 768. The largest absolute Gasteiger partial charge is 0.370 e. The van der Waals surface area contributed by atoms with Crippen LogP contribution in [0.25, 0.3) is 0 Å². The molecule has 0 bridgehead atoms. The molecule has 27 heavy (non-hydrogen) atoms. The van der Waals surface area contributed by atoms with Crippen LogP contribution in [0.3, 0.4) is 0 Å². The van der Waals surface area contributed by atoms with Gasteiger partial charge < -0.3 is 26.0 Å². The molecule has 1 fully saturated rings. The first-order chi connectivity index (χ1) is 12.7. The van der Waals surface area contributed by atoms with E-state index in [1.807, 2.05) is 0 Å². The molecular weight excluding hydrogens is 359 g/mol. The monoisotopic (exact) mass is 380 g/mol. The molecule has 10 heteroatoms. The highest BCUT2D eigenvalue weighted by molar-refractivity contribution is 6.11. The van der Waals surface area contributed by atoms with Gasteiger partial charge in [-0.1, -0.05) is 13.8 Å². The molecule has 1 saturated heterocycles. The number of nitrogens with one attached hydrogen (secondary N) is 2. The first-order valence-electron chi connectivity index (χ1n) is 8.29. The van der Waals surface area contributed by atoms with E-state index in [1.165, 1.54) is 17.0 Å². The summed E-state index contributed by atoms with van der Waals surface area (Å²) in [6.45, 7) is 3.55. The average molecular weight is 380 g/mol. The summed E-state index contributed by atoms with van der Waals surface area (Å²) in [5.74, 6) is -4.03. The van der Waals surface area contributed by atoms with Crippen LogP contribution in [0.1, 0.15) is 13.8 Å². The lowest BCUT2D eigenvalue weighted by molar-refractivity contribution is -0.134. The first kappa shape index (κ1) is 20.3. The van der Waals surface area contributed by atoms with E-state index in [2.05, 4.69) is 10.6 Å². The number of carbonyl (C=O) groups is 4. The zero-order chi connectivity index (χ0) is 20.1. The average Bonchev–Trinajstić information content (AvgIpc) is 2.60. The zero-order valence-corrected chi connectivity index (χ0v) is 15.0. The third-order valence-corrected chi connectivity index (χ3v) is 3.85. The molecule has 1 aromatic carbocycles. The van der Waals surface area contributed by atoms with Crippen LogP contribution in [0.2, 0.25) is 0 Å². The summed E-state index contributed by atoms with van der Waals surface area (Å²) in [7, 11) is 0. The van der Waals surface area contributed by atoms with Crippen molar-refractivity contribution in [3.05, 3.63) is 24.0 Å². The molecule has 1 aliphatic rings. The molecule has 0 radical (unpaired) electrons. The van der Waals surface area contributed by atoms with Crippen molar-refractivity contribution >= 4 is 35.0 Å². The minimum atomic E-state index is -1.59. The van der Waals surface area contributed by atoms with Crippen LogP contribution in [0.4, 0.5) is 15.8 Å². The van der Waals surface area contributed by atoms with Crippen molar-refractivity contribution in [3.8, 4) is 0 Å². The highest BCUT2D eigenvalue weighted by Gasteiger charge is 2.28. The molecule has 1 atom stereocenters. The summed E-state index contributed by atoms with van der Waals surface area (Å²) in [5, 5.41) is 4.56. The van der Waals surface area contributed by atoms with Gasteiger partial charge in [-0.15, -0.1) is 0 Å². The predicted molar refractivity (Wildman–Crippen MR) is 94.2 cm³/mol. The third kappa shape index (κ3) is 5.00. The van der Waals surface area contributed by atoms with E-state index in [0.717, 1.165) is 6.07 Å². The molecule has 0 saturated carbocycles. The molecular formula is C17H21FN4O5. The Labute approximate surface area is 155 Å². The molecule has 0 unspecified atom stereocenters. The van der Waals surface area contributed by atoms with Crippen LogP contribution >= 0.6 is 0 Å². The maximum atomic E-state index is 14.4. The van der Waals surface area contributed by atoms with Crippen LogP contribution in [0.5, 0.6) is 0 Å². The molecule has 4 amide bonds. The van der Waals surface area contributed by atoms with Crippen LogP contribution in [0, 0.1) is 11.7 Å². The number of nitrogens with zero attached hydrogens (tertiary/aromatic N) is 1. The molecule has 0 aliphatic carbocycles. The molecule has 2 rings (SSSR count). The van der Waals surface area contributed by atoms with Gasteiger partial charge >= 0.3 is 0 Å². The SMILES string of the molecule is CC(C)C(=O)N[C@H](C(N)=O)C(=O)Nc1ccc(N2CCOCC2=O)c(F)c1. The number of ether oxygens (including phenoxy) is 1. The van der Waals surface area contributed by atoms with Gasteiger partial charge in [0.2, 0.25) is 11.8 Å². The topological polar surface area (TPSA) is 131 Å². The molecule has 0 spiro atoms. The van der Waals surface area contributed by atoms with Crippen molar-refractivity contribution in [1.29, 1.82) is 0 Å². The number of amides is 4. The fourth-order valence-electron chi connectivity index (χ4n) is 2.37. The van der Waals surface area contributed by atoms with Gasteiger partial charge in [-0.3, -0.25) is 19.2 Å². The summed E-state index contributed by atoms with van der Waals surface area (Å²) in [5.41, 5.74) is 5.27. The van der Waals surface area contributed by atoms with E-state index in [4.69, 9.17) is 10.5 Å². The third-order valence-electron chi connectivity index (χ3n) is 3.85. The molecule has 1 aromatic rings. The van der Waals surface area contributed by atoms with Crippen molar-refractivity contribution in [2.24, 2.45) is 11.7 Å². The fourth-order valence-corrected chi connectivity index (χ4v) is 2.37. The summed E-state index contributed by atoms with van der Waals surface area (Å²) in [6, 6.07) is 2.13. The van der Waals surface area contributed by atoms with Gasteiger partial charge in [0, 0.05) is 18.2 Å². The van der Waals surface area contributed by atoms with Gasteiger partial charge in [0.15, 0.2) is 6.04 Å². The van der Waals surface area contributed by atoms with Crippen molar-refractivity contribution in [1.82, 2.24) is 5.32 Å².